The molecule has 0 bridgehead atoms. The monoisotopic (exact) mass is 268 g/mol. The molecule has 4 rings (SSSR count). The maximum Gasteiger partial charge on any atom is 0.272 e. The normalized spacial score (nSPS) is 17.2. The third kappa shape index (κ3) is 1.52. The van der Waals surface area contributed by atoms with Gasteiger partial charge in [-0.15, -0.1) is 0 Å². The number of aromatic nitrogens is 3. The van der Waals surface area contributed by atoms with E-state index in [4.69, 9.17) is 5.10 Å². The molecule has 0 fully saturated rings. The summed E-state index contributed by atoms with van der Waals surface area (Å²) in [5.74, 6) is 0.105. The summed E-state index contributed by atoms with van der Waals surface area (Å²) in [5, 5.41) is 4.72. The Balaban J connectivity index is 1.94. The molecule has 0 atom stereocenters. The topological polar surface area (TPSA) is 51.0 Å². The Labute approximate surface area is 117 Å². The second-order valence-corrected chi connectivity index (χ2v) is 5.51. The Kier molecular flexibility index (Phi) is 2.42. The molecule has 0 unspecified atom stereocenters. The van der Waals surface area contributed by atoms with Crippen LogP contribution in [0.4, 0.5) is 0 Å². The van der Waals surface area contributed by atoms with Crippen LogP contribution < -0.4 is 0 Å². The summed E-state index contributed by atoms with van der Waals surface area (Å²) >= 11 is 0. The van der Waals surface area contributed by atoms with Crippen LogP contribution in [-0.4, -0.2) is 39.2 Å². The lowest BCUT2D eigenvalue weighted by Gasteiger charge is -2.17. The second kappa shape index (κ2) is 4.16. The van der Waals surface area contributed by atoms with E-state index >= 15 is 0 Å². The highest BCUT2D eigenvalue weighted by Crippen LogP contribution is 2.35. The van der Waals surface area contributed by atoms with Crippen LogP contribution in [0.2, 0.25) is 0 Å². The molecular formula is C15H16N4O. The van der Waals surface area contributed by atoms with Gasteiger partial charge in [-0.2, -0.15) is 5.10 Å². The van der Waals surface area contributed by atoms with Gasteiger partial charge in [0.1, 0.15) is 5.69 Å². The van der Waals surface area contributed by atoms with Crippen molar-refractivity contribution in [3.63, 3.8) is 0 Å². The first-order chi connectivity index (χ1) is 9.75. The molecule has 0 spiro atoms. The lowest BCUT2D eigenvalue weighted by atomic mass is 9.90. The first kappa shape index (κ1) is 11.6. The first-order valence-corrected chi connectivity index (χ1v) is 7.04. The van der Waals surface area contributed by atoms with Crippen molar-refractivity contribution in [1.29, 1.82) is 0 Å². The zero-order valence-corrected chi connectivity index (χ0v) is 11.5. The zero-order valence-electron chi connectivity index (χ0n) is 11.5. The molecular weight excluding hydrogens is 252 g/mol. The predicted molar refractivity (Wildman–Crippen MR) is 74.4 cm³/mol. The number of fused-ring (bicyclic) bond motifs is 5. The molecule has 0 saturated heterocycles. The third-order valence-electron chi connectivity index (χ3n) is 4.27. The van der Waals surface area contributed by atoms with Gasteiger partial charge in [-0.25, -0.2) is 0 Å². The second-order valence-electron chi connectivity index (χ2n) is 5.51. The summed E-state index contributed by atoms with van der Waals surface area (Å²) < 4.78 is 1.91. The molecule has 3 heterocycles. The van der Waals surface area contributed by atoms with E-state index in [0.29, 0.717) is 0 Å². The molecule has 102 valence electrons. The highest BCUT2D eigenvalue weighted by molar-refractivity contribution is 5.96. The maximum absolute atomic E-state index is 12.5. The van der Waals surface area contributed by atoms with Crippen LogP contribution in [0.3, 0.4) is 0 Å². The average Bonchev–Trinajstić information content (AvgIpc) is 2.78. The smallest absolute Gasteiger partial charge is 0.272 e. The number of aryl methyl sites for hydroxylation is 2. The first-order valence-electron chi connectivity index (χ1n) is 7.04. The van der Waals surface area contributed by atoms with Gasteiger partial charge in [0.25, 0.3) is 5.91 Å². The van der Waals surface area contributed by atoms with Crippen LogP contribution in [0, 0.1) is 0 Å². The molecule has 1 amide bonds. The molecule has 0 saturated carbocycles. The highest BCUT2D eigenvalue weighted by Gasteiger charge is 2.30. The van der Waals surface area contributed by atoms with E-state index < -0.39 is 0 Å². The molecule has 2 aromatic heterocycles. The minimum Gasteiger partial charge on any atom is -0.340 e. The predicted octanol–water partition coefficient (Wildman–Crippen LogP) is 1.52. The SMILES string of the molecule is CN1CCCn2nc3c(c2C1=O)CCc1cnccc1-3. The third-order valence-corrected chi connectivity index (χ3v) is 4.27. The Bertz CT molecular complexity index is 704. The van der Waals surface area contributed by atoms with E-state index in [1.54, 1.807) is 6.20 Å². The van der Waals surface area contributed by atoms with Crippen LogP contribution in [0.1, 0.15) is 28.0 Å². The van der Waals surface area contributed by atoms with Crippen molar-refractivity contribution in [3.05, 3.63) is 35.3 Å². The number of amides is 1. The van der Waals surface area contributed by atoms with E-state index in [2.05, 4.69) is 4.98 Å². The Morgan fingerprint density at radius 3 is 3.05 bits per heavy atom. The Morgan fingerprint density at radius 1 is 1.25 bits per heavy atom. The van der Waals surface area contributed by atoms with Crippen LogP contribution in [0.15, 0.2) is 18.5 Å². The van der Waals surface area contributed by atoms with E-state index in [9.17, 15) is 4.79 Å². The fourth-order valence-corrected chi connectivity index (χ4v) is 3.21. The van der Waals surface area contributed by atoms with Gasteiger partial charge in [-0.1, -0.05) is 0 Å². The molecule has 2 aromatic rings. The van der Waals surface area contributed by atoms with Gasteiger partial charge < -0.3 is 4.90 Å². The largest absolute Gasteiger partial charge is 0.340 e. The van der Waals surface area contributed by atoms with Crippen molar-refractivity contribution >= 4 is 5.91 Å². The number of hydrogen-bond acceptors (Lipinski definition) is 3. The summed E-state index contributed by atoms with van der Waals surface area (Å²) in [5.41, 5.74) is 5.25. The summed E-state index contributed by atoms with van der Waals surface area (Å²) in [7, 11) is 1.87. The lowest BCUT2D eigenvalue weighted by molar-refractivity contribution is 0.0795. The number of carbonyl (C=O) groups is 1. The summed E-state index contributed by atoms with van der Waals surface area (Å²) in [6, 6.07) is 2.01. The van der Waals surface area contributed by atoms with Crippen molar-refractivity contribution in [2.75, 3.05) is 13.6 Å². The van der Waals surface area contributed by atoms with Crippen molar-refractivity contribution in [2.45, 2.75) is 25.8 Å². The van der Waals surface area contributed by atoms with Crippen LogP contribution in [-0.2, 0) is 19.4 Å². The Hall–Kier alpha value is -2.17. The average molecular weight is 268 g/mol. The van der Waals surface area contributed by atoms with E-state index in [0.717, 1.165) is 54.9 Å². The fourth-order valence-electron chi connectivity index (χ4n) is 3.21. The molecule has 5 heteroatoms. The standard InChI is InChI=1S/C15H16N4O/c1-18-7-2-8-19-14(15(18)20)12-4-3-10-9-16-6-5-11(10)13(12)17-19/h5-6,9H,2-4,7-8H2,1H3. The molecule has 5 nitrogen and oxygen atoms in total. The fraction of sp³-hybridized carbons (Fsp3) is 0.400. The van der Waals surface area contributed by atoms with E-state index in [-0.39, 0.29) is 5.91 Å². The van der Waals surface area contributed by atoms with Gasteiger partial charge in [0, 0.05) is 43.7 Å². The summed E-state index contributed by atoms with van der Waals surface area (Å²) in [6.45, 7) is 1.62. The van der Waals surface area contributed by atoms with Crippen LogP contribution in [0.5, 0.6) is 0 Å². The quantitative estimate of drug-likeness (QED) is 0.728. The molecule has 0 N–H and O–H groups in total. The van der Waals surface area contributed by atoms with Gasteiger partial charge in [0.2, 0.25) is 0 Å². The number of rotatable bonds is 0. The van der Waals surface area contributed by atoms with Crippen molar-refractivity contribution in [3.8, 4) is 11.3 Å². The molecule has 1 aliphatic carbocycles. The van der Waals surface area contributed by atoms with Gasteiger partial charge in [-0.05, 0) is 30.9 Å². The van der Waals surface area contributed by atoms with Crippen molar-refractivity contribution in [2.24, 2.45) is 0 Å². The van der Waals surface area contributed by atoms with Crippen LogP contribution in [0.25, 0.3) is 11.3 Å². The number of pyridine rings is 1. The molecule has 1 aliphatic heterocycles. The highest BCUT2D eigenvalue weighted by atomic mass is 16.2. The maximum atomic E-state index is 12.5. The molecule has 2 aliphatic rings. The van der Waals surface area contributed by atoms with E-state index in [1.807, 2.05) is 28.9 Å². The summed E-state index contributed by atoms with van der Waals surface area (Å²) in [4.78, 5) is 18.5. The minimum absolute atomic E-state index is 0.105. The molecule has 0 aromatic carbocycles. The van der Waals surface area contributed by atoms with Crippen molar-refractivity contribution in [1.82, 2.24) is 19.7 Å². The van der Waals surface area contributed by atoms with Gasteiger partial charge in [-0.3, -0.25) is 14.5 Å². The molecule has 20 heavy (non-hydrogen) atoms. The van der Waals surface area contributed by atoms with Crippen LogP contribution >= 0.6 is 0 Å². The van der Waals surface area contributed by atoms with Gasteiger partial charge in [0.05, 0.1) is 5.69 Å². The number of carbonyl (C=O) groups excluding carboxylic acids is 1. The summed E-state index contributed by atoms with van der Waals surface area (Å²) in [6.07, 6.45) is 6.48. The number of hydrogen-bond donors (Lipinski definition) is 0. The molecule has 0 radical (unpaired) electrons. The number of nitrogens with zero attached hydrogens (tertiary/aromatic N) is 4. The Morgan fingerprint density at radius 2 is 2.15 bits per heavy atom. The zero-order chi connectivity index (χ0) is 13.7. The van der Waals surface area contributed by atoms with Crippen molar-refractivity contribution < 1.29 is 4.79 Å². The van der Waals surface area contributed by atoms with E-state index in [1.165, 1.54) is 5.56 Å². The minimum atomic E-state index is 0.105. The van der Waals surface area contributed by atoms with Gasteiger partial charge >= 0.3 is 0 Å². The van der Waals surface area contributed by atoms with Gasteiger partial charge in [0.15, 0.2) is 0 Å². The lowest BCUT2D eigenvalue weighted by Crippen LogP contribution is -2.27.